The second-order valence-electron chi connectivity index (χ2n) is 4.67. The van der Waals surface area contributed by atoms with E-state index in [1.165, 1.54) is 0 Å². The first-order chi connectivity index (χ1) is 9.13. The topological polar surface area (TPSA) is 38.5 Å². The maximum atomic E-state index is 6.22. The predicted molar refractivity (Wildman–Crippen MR) is 84.2 cm³/mol. The summed E-state index contributed by atoms with van der Waals surface area (Å²) in [7, 11) is 0. The zero-order valence-corrected chi connectivity index (χ0v) is 12.6. The summed E-state index contributed by atoms with van der Waals surface area (Å²) in [5.74, 6) is 0. The van der Waals surface area contributed by atoms with Gasteiger partial charge in [-0.1, -0.05) is 29.9 Å². The molecule has 0 bridgehead atoms. The van der Waals surface area contributed by atoms with Crippen molar-refractivity contribution in [2.24, 2.45) is 5.73 Å². The molecule has 1 fully saturated rings. The van der Waals surface area contributed by atoms with Crippen molar-refractivity contribution in [3.05, 3.63) is 28.8 Å². The van der Waals surface area contributed by atoms with Crippen molar-refractivity contribution in [1.82, 2.24) is 0 Å². The van der Waals surface area contributed by atoms with Crippen LogP contribution in [0, 0.1) is 0 Å². The number of hydrogen-bond acceptors (Lipinski definition) is 3. The molecule has 1 aliphatic heterocycles. The molecule has 3 nitrogen and oxygen atoms in total. The zero-order valence-electron chi connectivity index (χ0n) is 11.1. The standard InChI is InChI=1S/C14H19ClN2OS/c1-2-17(9-10-5-4-8-18-10)12-7-3-6-11(15)13(12)14(16)19/h3,6-7,10H,2,4-5,8-9H2,1H3,(H2,16,19). The van der Waals surface area contributed by atoms with Crippen LogP contribution in [0.2, 0.25) is 5.02 Å². The van der Waals surface area contributed by atoms with E-state index in [4.69, 9.17) is 34.3 Å². The maximum absolute atomic E-state index is 6.22. The van der Waals surface area contributed by atoms with Crippen molar-refractivity contribution in [2.75, 3.05) is 24.6 Å². The van der Waals surface area contributed by atoms with Crippen molar-refractivity contribution < 1.29 is 4.74 Å². The van der Waals surface area contributed by atoms with Gasteiger partial charge in [-0.25, -0.2) is 0 Å². The van der Waals surface area contributed by atoms with Crippen LogP contribution in [0.5, 0.6) is 0 Å². The molecule has 0 aromatic heterocycles. The second kappa shape index (κ2) is 6.55. The number of hydrogen-bond donors (Lipinski definition) is 1. The number of rotatable bonds is 5. The van der Waals surface area contributed by atoms with Crippen molar-refractivity contribution in [2.45, 2.75) is 25.9 Å². The molecule has 1 unspecified atom stereocenters. The molecular weight excluding hydrogens is 280 g/mol. The molecule has 5 heteroatoms. The molecule has 0 spiro atoms. The Kier molecular flexibility index (Phi) is 5.02. The molecule has 1 heterocycles. The number of anilines is 1. The summed E-state index contributed by atoms with van der Waals surface area (Å²) in [5, 5.41) is 0.607. The van der Waals surface area contributed by atoms with Crippen LogP contribution in [-0.4, -0.2) is 30.8 Å². The molecule has 1 aromatic carbocycles. The van der Waals surface area contributed by atoms with Crippen LogP contribution in [-0.2, 0) is 4.74 Å². The van der Waals surface area contributed by atoms with Gasteiger partial charge in [-0.15, -0.1) is 0 Å². The molecule has 0 radical (unpaired) electrons. The summed E-state index contributed by atoms with van der Waals surface area (Å²) in [6.07, 6.45) is 2.54. The molecular formula is C14H19ClN2OS. The first kappa shape index (κ1) is 14.6. The van der Waals surface area contributed by atoms with Crippen LogP contribution in [0.25, 0.3) is 0 Å². The fourth-order valence-corrected chi connectivity index (χ4v) is 2.99. The van der Waals surface area contributed by atoms with Crippen LogP contribution in [0.4, 0.5) is 5.69 Å². The average molecular weight is 299 g/mol. The number of benzene rings is 1. The molecule has 1 aliphatic rings. The number of nitrogens with zero attached hydrogens (tertiary/aromatic N) is 1. The van der Waals surface area contributed by atoms with Gasteiger partial charge in [0.15, 0.2) is 0 Å². The Morgan fingerprint density at radius 1 is 1.58 bits per heavy atom. The fraction of sp³-hybridized carbons (Fsp3) is 0.500. The quantitative estimate of drug-likeness (QED) is 0.848. The smallest absolute Gasteiger partial charge is 0.107 e. The van der Waals surface area contributed by atoms with Gasteiger partial charge in [-0.3, -0.25) is 0 Å². The number of likely N-dealkylation sites (N-methyl/N-ethyl adjacent to an activating group) is 1. The Morgan fingerprint density at radius 3 is 2.95 bits per heavy atom. The van der Waals surface area contributed by atoms with Gasteiger partial charge in [0.25, 0.3) is 0 Å². The third-order valence-corrected chi connectivity index (χ3v) is 3.93. The lowest BCUT2D eigenvalue weighted by atomic mass is 10.1. The minimum Gasteiger partial charge on any atom is -0.389 e. The number of thiocarbonyl (C=S) groups is 1. The summed E-state index contributed by atoms with van der Waals surface area (Å²) in [6.45, 7) is 4.70. The normalized spacial score (nSPS) is 18.5. The molecule has 0 aliphatic carbocycles. The molecule has 2 rings (SSSR count). The highest BCUT2D eigenvalue weighted by Crippen LogP contribution is 2.28. The summed E-state index contributed by atoms with van der Waals surface area (Å²) in [6, 6.07) is 5.76. The first-order valence-electron chi connectivity index (χ1n) is 6.58. The van der Waals surface area contributed by atoms with Gasteiger partial charge < -0.3 is 15.4 Å². The van der Waals surface area contributed by atoms with E-state index in [1.807, 2.05) is 18.2 Å². The van der Waals surface area contributed by atoms with Gasteiger partial charge in [0.2, 0.25) is 0 Å². The van der Waals surface area contributed by atoms with E-state index in [-0.39, 0.29) is 6.10 Å². The zero-order chi connectivity index (χ0) is 13.8. The van der Waals surface area contributed by atoms with Crippen LogP contribution in [0.3, 0.4) is 0 Å². The van der Waals surface area contributed by atoms with Gasteiger partial charge in [-0.2, -0.15) is 0 Å². The lowest BCUT2D eigenvalue weighted by Crippen LogP contribution is -2.33. The van der Waals surface area contributed by atoms with Gasteiger partial charge in [0.05, 0.1) is 16.7 Å². The van der Waals surface area contributed by atoms with Crippen LogP contribution in [0.1, 0.15) is 25.3 Å². The fourth-order valence-electron chi connectivity index (χ4n) is 2.45. The van der Waals surface area contributed by atoms with E-state index in [2.05, 4.69) is 11.8 Å². The lowest BCUT2D eigenvalue weighted by Gasteiger charge is -2.28. The largest absolute Gasteiger partial charge is 0.389 e. The van der Waals surface area contributed by atoms with Crippen molar-refractivity contribution in [3.8, 4) is 0 Å². The Morgan fingerprint density at radius 2 is 2.37 bits per heavy atom. The molecule has 0 saturated carbocycles. The third-order valence-electron chi connectivity index (χ3n) is 3.41. The highest BCUT2D eigenvalue weighted by atomic mass is 35.5. The molecule has 104 valence electrons. The predicted octanol–water partition coefficient (Wildman–Crippen LogP) is 2.98. The minimum atomic E-state index is 0.290. The highest BCUT2D eigenvalue weighted by Gasteiger charge is 2.21. The van der Waals surface area contributed by atoms with Crippen LogP contribution >= 0.6 is 23.8 Å². The van der Waals surface area contributed by atoms with Crippen LogP contribution in [0.15, 0.2) is 18.2 Å². The monoisotopic (exact) mass is 298 g/mol. The summed E-state index contributed by atoms with van der Waals surface area (Å²) < 4.78 is 5.70. The Hall–Kier alpha value is -0.840. The Bertz CT molecular complexity index is 461. The molecule has 2 N–H and O–H groups in total. The third kappa shape index (κ3) is 3.38. The van der Waals surface area contributed by atoms with Crippen molar-refractivity contribution >= 4 is 34.5 Å². The van der Waals surface area contributed by atoms with Crippen molar-refractivity contribution in [1.29, 1.82) is 0 Å². The Balaban J connectivity index is 2.26. The second-order valence-corrected chi connectivity index (χ2v) is 5.52. The first-order valence-corrected chi connectivity index (χ1v) is 7.37. The highest BCUT2D eigenvalue weighted by molar-refractivity contribution is 7.80. The summed E-state index contributed by atoms with van der Waals surface area (Å²) >= 11 is 11.3. The van der Waals surface area contributed by atoms with Gasteiger partial charge in [-0.05, 0) is 31.9 Å². The van der Waals surface area contributed by atoms with E-state index in [0.717, 1.165) is 43.8 Å². The van der Waals surface area contributed by atoms with E-state index in [1.54, 1.807) is 0 Å². The molecule has 19 heavy (non-hydrogen) atoms. The van der Waals surface area contributed by atoms with Crippen molar-refractivity contribution in [3.63, 3.8) is 0 Å². The van der Waals surface area contributed by atoms with Gasteiger partial charge in [0.1, 0.15) is 4.99 Å². The summed E-state index contributed by atoms with van der Waals surface area (Å²) in [4.78, 5) is 2.57. The number of halogens is 1. The minimum absolute atomic E-state index is 0.290. The molecule has 0 amide bonds. The molecule has 1 aromatic rings. The Labute approximate surface area is 124 Å². The molecule has 1 saturated heterocycles. The number of ether oxygens (including phenoxy) is 1. The van der Waals surface area contributed by atoms with E-state index >= 15 is 0 Å². The van der Waals surface area contributed by atoms with E-state index in [9.17, 15) is 0 Å². The van der Waals surface area contributed by atoms with Gasteiger partial charge in [0, 0.05) is 25.4 Å². The summed E-state index contributed by atoms with van der Waals surface area (Å²) in [5.41, 5.74) is 7.57. The van der Waals surface area contributed by atoms with Gasteiger partial charge >= 0.3 is 0 Å². The SMILES string of the molecule is CCN(CC1CCCO1)c1cccc(Cl)c1C(N)=S. The van der Waals surface area contributed by atoms with E-state index in [0.29, 0.717) is 10.0 Å². The lowest BCUT2D eigenvalue weighted by molar-refractivity contribution is 0.115. The average Bonchev–Trinajstić information content (AvgIpc) is 2.88. The molecule has 1 atom stereocenters. The number of nitrogens with two attached hydrogens (primary N) is 1. The van der Waals surface area contributed by atoms with Crippen LogP contribution < -0.4 is 10.6 Å². The van der Waals surface area contributed by atoms with E-state index < -0.39 is 0 Å². The maximum Gasteiger partial charge on any atom is 0.107 e.